The summed E-state index contributed by atoms with van der Waals surface area (Å²) in [4.78, 5) is 0. The number of amidine groups is 1. The first-order valence-corrected chi connectivity index (χ1v) is 7.31. The quantitative estimate of drug-likeness (QED) is 0.758. The van der Waals surface area contributed by atoms with Gasteiger partial charge in [-0.25, -0.2) is 10.2 Å². The molecule has 2 N–H and O–H groups in total. The van der Waals surface area contributed by atoms with Crippen molar-refractivity contribution in [3.05, 3.63) is 41.0 Å². The monoisotopic (exact) mass is 322 g/mol. The van der Waals surface area contributed by atoms with Gasteiger partial charge in [0.1, 0.15) is 5.03 Å². The SMILES string of the molecule is CC(C)N1NNN=C1c1cnn(-c2cccc(Cl)c2)c1S. The molecule has 0 unspecified atom stereocenters. The lowest BCUT2D eigenvalue weighted by molar-refractivity contribution is 0.246. The van der Waals surface area contributed by atoms with Gasteiger partial charge >= 0.3 is 0 Å². The number of rotatable bonds is 3. The summed E-state index contributed by atoms with van der Waals surface area (Å²) in [6.45, 7) is 4.13. The molecule has 1 aromatic carbocycles. The largest absolute Gasteiger partial charge is 0.268 e. The van der Waals surface area contributed by atoms with Gasteiger partial charge in [-0.2, -0.15) is 5.10 Å². The van der Waals surface area contributed by atoms with Crippen LogP contribution in [0.15, 0.2) is 40.6 Å². The first kappa shape index (κ1) is 14.2. The highest BCUT2D eigenvalue weighted by atomic mass is 35.5. The van der Waals surface area contributed by atoms with E-state index in [2.05, 4.69) is 47.7 Å². The molecule has 0 fully saturated rings. The lowest BCUT2D eigenvalue weighted by Crippen LogP contribution is -2.45. The van der Waals surface area contributed by atoms with E-state index in [0.29, 0.717) is 10.0 Å². The van der Waals surface area contributed by atoms with Gasteiger partial charge in [0.25, 0.3) is 0 Å². The van der Waals surface area contributed by atoms with Crippen molar-refractivity contribution in [1.82, 2.24) is 25.9 Å². The Balaban J connectivity index is 2.00. The van der Waals surface area contributed by atoms with Crippen molar-refractivity contribution in [2.24, 2.45) is 5.10 Å². The van der Waals surface area contributed by atoms with E-state index in [4.69, 9.17) is 11.6 Å². The molecular weight excluding hydrogens is 308 g/mol. The Morgan fingerprint density at radius 2 is 2.14 bits per heavy atom. The molecular formula is C13H15ClN6S. The van der Waals surface area contributed by atoms with Crippen LogP contribution in [0.2, 0.25) is 5.02 Å². The van der Waals surface area contributed by atoms with Crippen LogP contribution in [0.1, 0.15) is 19.4 Å². The molecule has 1 aromatic heterocycles. The van der Waals surface area contributed by atoms with Crippen molar-refractivity contribution in [3.63, 3.8) is 0 Å². The maximum absolute atomic E-state index is 6.03. The average Bonchev–Trinajstić information content (AvgIpc) is 3.04. The Labute approximate surface area is 133 Å². The van der Waals surface area contributed by atoms with E-state index < -0.39 is 0 Å². The molecule has 2 aromatic rings. The van der Waals surface area contributed by atoms with Crippen molar-refractivity contribution in [2.45, 2.75) is 24.9 Å². The molecule has 0 bridgehead atoms. The summed E-state index contributed by atoms with van der Waals surface area (Å²) < 4.78 is 1.73. The van der Waals surface area contributed by atoms with E-state index in [1.807, 2.05) is 29.3 Å². The number of hydrogen-bond acceptors (Lipinski definition) is 6. The summed E-state index contributed by atoms with van der Waals surface area (Å²) in [6.07, 6.45) is 1.74. The van der Waals surface area contributed by atoms with Crippen LogP contribution in [0.3, 0.4) is 0 Å². The predicted octanol–water partition coefficient (Wildman–Crippen LogP) is 2.21. The van der Waals surface area contributed by atoms with Crippen LogP contribution in [-0.2, 0) is 0 Å². The minimum absolute atomic E-state index is 0.237. The standard InChI is InChI=1S/C13H15ClN6S/c1-8(2)19-12(16-17-18-19)11-7-15-20(13(11)21)10-5-3-4-9(14)6-10/h3-8,17-18,21H,1-2H3. The van der Waals surface area contributed by atoms with Crippen LogP contribution >= 0.6 is 24.2 Å². The normalized spacial score (nSPS) is 14.5. The maximum atomic E-state index is 6.03. The van der Waals surface area contributed by atoms with Crippen molar-refractivity contribution in [1.29, 1.82) is 0 Å². The summed E-state index contributed by atoms with van der Waals surface area (Å²) in [5, 5.41) is 11.9. The van der Waals surface area contributed by atoms with Gasteiger partial charge in [0.05, 0.1) is 17.4 Å². The third-order valence-electron chi connectivity index (χ3n) is 3.11. The zero-order valence-corrected chi connectivity index (χ0v) is 13.2. The van der Waals surface area contributed by atoms with Gasteiger partial charge in [-0.15, -0.1) is 23.3 Å². The average molecular weight is 323 g/mol. The minimum atomic E-state index is 0.237. The Kier molecular flexibility index (Phi) is 3.79. The summed E-state index contributed by atoms with van der Waals surface area (Å²) in [6, 6.07) is 7.70. The third-order valence-corrected chi connectivity index (χ3v) is 3.78. The summed E-state index contributed by atoms with van der Waals surface area (Å²) >= 11 is 10.6. The number of thiol groups is 1. The molecule has 110 valence electrons. The predicted molar refractivity (Wildman–Crippen MR) is 85.6 cm³/mol. The zero-order chi connectivity index (χ0) is 15.0. The highest BCUT2D eigenvalue weighted by molar-refractivity contribution is 7.80. The second-order valence-corrected chi connectivity index (χ2v) is 5.76. The number of aromatic nitrogens is 2. The first-order chi connectivity index (χ1) is 10.1. The molecule has 0 saturated heterocycles. The van der Waals surface area contributed by atoms with Gasteiger partial charge < -0.3 is 0 Å². The Bertz CT molecular complexity index is 696. The number of benzene rings is 1. The van der Waals surface area contributed by atoms with Gasteiger partial charge in [-0.05, 0) is 32.0 Å². The van der Waals surface area contributed by atoms with Crippen molar-refractivity contribution in [2.75, 3.05) is 0 Å². The van der Waals surface area contributed by atoms with E-state index in [9.17, 15) is 0 Å². The van der Waals surface area contributed by atoms with E-state index in [1.165, 1.54) is 0 Å². The lowest BCUT2D eigenvalue weighted by Gasteiger charge is -2.22. The van der Waals surface area contributed by atoms with Crippen molar-refractivity contribution < 1.29 is 0 Å². The number of hydrogen-bond donors (Lipinski definition) is 3. The van der Waals surface area contributed by atoms with Crippen LogP contribution in [0.4, 0.5) is 0 Å². The highest BCUT2D eigenvalue weighted by Crippen LogP contribution is 2.23. The Morgan fingerprint density at radius 3 is 2.86 bits per heavy atom. The second-order valence-electron chi connectivity index (χ2n) is 4.90. The molecule has 1 aliphatic heterocycles. The summed E-state index contributed by atoms with van der Waals surface area (Å²) in [5.74, 6) is 0.753. The zero-order valence-electron chi connectivity index (χ0n) is 11.6. The molecule has 1 aliphatic rings. The van der Waals surface area contributed by atoms with Gasteiger partial charge in [0, 0.05) is 11.1 Å². The molecule has 2 heterocycles. The first-order valence-electron chi connectivity index (χ1n) is 6.49. The highest BCUT2D eigenvalue weighted by Gasteiger charge is 2.25. The number of halogens is 1. The molecule has 21 heavy (non-hydrogen) atoms. The van der Waals surface area contributed by atoms with Crippen LogP contribution in [-0.4, -0.2) is 26.7 Å². The molecule has 3 rings (SSSR count). The maximum Gasteiger partial charge on any atom is 0.177 e. The Morgan fingerprint density at radius 1 is 1.33 bits per heavy atom. The van der Waals surface area contributed by atoms with Gasteiger partial charge in [0.15, 0.2) is 5.84 Å². The number of hydrazone groups is 1. The molecule has 6 nitrogen and oxygen atoms in total. The molecule has 0 amide bonds. The Hall–Kier alpha value is -1.70. The summed E-state index contributed by atoms with van der Waals surface area (Å²) in [7, 11) is 0. The summed E-state index contributed by atoms with van der Waals surface area (Å²) in [5.41, 5.74) is 7.43. The lowest BCUT2D eigenvalue weighted by atomic mass is 10.2. The number of nitrogens with zero attached hydrogens (tertiary/aromatic N) is 4. The van der Waals surface area contributed by atoms with Crippen molar-refractivity contribution >= 4 is 30.1 Å². The molecule has 0 saturated carbocycles. The minimum Gasteiger partial charge on any atom is -0.268 e. The molecule has 0 atom stereocenters. The van der Waals surface area contributed by atoms with Crippen LogP contribution < -0.4 is 11.1 Å². The van der Waals surface area contributed by atoms with Crippen LogP contribution in [0.25, 0.3) is 5.69 Å². The van der Waals surface area contributed by atoms with E-state index in [0.717, 1.165) is 17.1 Å². The third kappa shape index (κ3) is 2.59. The molecule has 0 aliphatic carbocycles. The number of nitrogens with one attached hydrogen (secondary N) is 2. The van der Waals surface area contributed by atoms with E-state index >= 15 is 0 Å². The number of hydrazine groups is 2. The second kappa shape index (κ2) is 5.59. The van der Waals surface area contributed by atoms with Gasteiger partial charge in [-0.3, -0.25) is 5.01 Å². The van der Waals surface area contributed by atoms with Gasteiger partial charge in [-0.1, -0.05) is 17.7 Å². The van der Waals surface area contributed by atoms with Crippen LogP contribution in [0.5, 0.6) is 0 Å². The van der Waals surface area contributed by atoms with E-state index in [-0.39, 0.29) is 6.04 Å². The van der Waals surface area contributed by atoms with Crippen LogP contribution in [0, 0.1) is 0 Å². The fraction of sp³-hybridized carbons (Fsp3) is 0.231. The van der Waals surface area contributed by atoms with Crippen molar-refractivity contribution in [3.8, 4) is 5.69 Å². The molecule has 0 spiro atoms. The molecule has 8 heteroatoms. The fourth-order valence-corrected chi connectivity index (χ4v) is 2.61. The fourth-order valence-electron chi connectivity index (χ4n) is 2.10. The topological polar surface area (TPSA) is 57.5 Å². The van der Waals surface area contributed by atoms with Gasteiger partial charge in [0.2, 0.25) is 0 Å². The van der Waals surface area contributed by atoms with E-state index in [1.54, 1.807) is 10.9 Å². The smallest absolute Gasteiger partial charge is 0.177 e. The molecule has 0 radical (unpaired) electrons.